The van der Waals surface area contributed by atoms with Gasteiger partial charge in [-0.25, -0.2) is 9.13 Å². The zero-order chi connectivity index (χ0) is 35.4. The standard InChI is InChI=1S/C48H79N2/c1-4-6-8-10-12-14-15-16-17-18-19-20-22-24-26-34-40-49-41-42-50(47(49)39-33-25-23-21-13-11-9-7-5-2)44-48(3,46-37-31-28-32-38-46)43-45-35-29-27-30-36-45/h27-32,35-38,41-42H,4-26,33-34,39-40,43-44H2,1-3H3/q+1. The normalized spacial score (nSPS) is 12.8. The number of hydrogen-bond acceptors (Lipinski definition) is 0. The van der Waals surface area contributed by atoms with Gasteiger partial charge in [-0.2, -0.15) is 0 Å². The second-order valence-corrected chi connectivity index (χ2v) is 16.0. The van der Waals surface area contributed by atoms with Gasteiger partial charge in [0.25, 0.3) is 5.82 Å². The van der Waals surface area contributed by atoms with E-state index in [1.54, 1.807) is 5.82 Å². The molecular formula is C48H79N2+. The fourth-order valence-electron chi connectivity index (χ4n) is 8.07. The van der Waals surface area contributed by atoms with E-state index in [-0.39, 0.29) is 5.41 Å². The van der Waals surface area contributed by atoms with Gasteiger partial charge in [-0.05, 0) is 36.8 Å². The molecule has 3 rings (SSSR count). The van der Waals surface area contributed by atoms with Crippen molar-refractivity contribution in [2.45, 2.75) is 213 Å². The summed E-state index contributed by atoms with van der Waals surface area (Å²) in [6.07, 6.45) is 42.4. The van der Waals surface area contributed by atoms with Gasteiger partial charge in [-0.15, -0.1) is 0 Å². The van der Waals surface area contributed by atoms with Crippen LogP contribution in [0, 0.1) is 0 Å². The highest BCUT2D eigenvalue weighted by atomic mass is 15.2. The fourth-order valence-corrected chi connectivity index (χ4v) is 8.07. The summed E-state index contributed by atoms with van der Waals surface area (Å²) in [4.78, 5) is 0. The molecule has 3 aromatic rings. The first-order valence-electron chi connectivity index (χ1n) is 21.8. The summed E-state index contributed by atoms with van der Waals surface area (Å²) in [6, 6.07) is 22.4. The molecule has 0 saturated carbocycles. The Morgan fingerprint density at radius 3 is 1.40 bits per heavy atom. The van der Waals surface area contributed by atoms with Crippen LogP contribution in [-0.4, -0.2) is 4.57 Å². The predicted octanol–water partition coefficient (Wildman–Crippen LogP) is 14.3. The minimum Gasteiger partial charge on any atom is -0.234 e. The molecule has 0 radical (unpaired) electrons. The molecule has 0 amide bonds. The maximum absolute atomic E-state index is 2.63. The molecule has 0 N–H and O–H groups in total. The summed E-state index contributed by atoms with van der Waals surface area (Å²) in [5.74, 6) is 1.55. The maximum Gasteiger partial charge on any atom is 0.256 e. The van der Waals surface area contributed by atoms with Gasteiger partial charge in [0.15, 0.2) is 0 Å². The van der Waals surface area contributed by atoms with E-state index in [1.807, 2.05) is 0 Å². The van der Waals surface area contributed by atoms with Gasteiger partial charge in [-0.3, -0.25) is 0 Å². The quantitative estimate of drug-likeness (QED) is 0.0457. The van der Waals surface area contributed by atoms with Crippen molar-refractivity contribution in [3.05, 3.63) is 90.0 Å². The SMILES string of the molecule is CCCCCCCCCCCCCCCCCCn1cc[n+](CC(C)(Cc2ccccc2)c2ccccc2)c1CCCCCCCCCCC. The Kier molecular flexibility index (Phi) is 23.0. The summed E-state index contributed by atoms with van der Waals surface area (Å²) in [7, 11) is 0. The molecule has 1 atom stereocenters. The molecular weight excluding hydrogens is 605 g/mol. The molecule has 2 nitrogen and oxygen atoms in total. The van der Waals surface area contributed by atoms with Crippen LogP contribution in [0.2, 0.25) is 0 Å². The topological polar surface area (TPSA) is 8.81 Å². The molecule has 0 spiro atoms. The number of benzene rings is 2. The Hall–Kier alpha value is -2.35. The summed E-state index contributed by atoms with van der Waals surface area (Å²) < 4.78 is 5.26. The van der Waals surface area contributed by atoms with E-state index in [0.717, 1.165) is 13.0 Å². The van der Waals surface area contributed by atoms with Gasteiger partial charge < -0.3 is 0 Å². The Labute approximate surface area is 310 Å². The van der Waals surface area contributed by atoms with Crippen molar-refractivity contribution in [3.8, 4) is 0 Å². The second-order valence-electron chi connectivity index (χ2n) is 16.0. The molecule has 0 aliphatic heterocycles. The van der Waals surface area contributed by atoms with Crippen molar-refractivity contribution in [3.63, 3.8) is 0 Å². The Morgan fingerprint density at radius 1 is 0.500 bits per heavy atom. The van der Waals surface area contributed by atoms with E-state index in [1.165, 1.54) is 185 Å². The lowest BCUT2D eigenvalue weighted by molar-refractivity contribution is -0.711. The van der Waals surface area contributed by atoms with Crippen LogP contribution in [0.25, 0.3) is 0 Å². The molecule has 0 bridgehead atoms. The molecule has 1 unspecified atom stereocenters. The number of imidazole rings is 1. The Bertz CT molecular complexity index is 1180. The predicted molar refractivity (Wildman–Crippen MR) is 219 cm³/mol. The van der Waals surface area contributed by atoms with Gasteiger partial charge in [-0.1, -0.05) is 223 Å². The highest BCUT2D eigenvalue weighted by molar-refractivity contribution is 5.28. The smallest absolute Gasteiger partial charge is 0.234 e. The third-order valence-corrected chi connectivity index (χ3v) is 11.3. The fraction of sp³-hybridized carbons (Fsp3) is 0.688. The van der Waals surface area contributed by atoms with Crippen molar-refractivity contribution < 1.29 is 4.57 Å². The maximum atomic E-state index is 2.63. The third-order valence-electron chi connectivity index (χ3n) is 11.3. The highest BCUT2D eigenvalue weighted by Crippen LogP contribution is 2.29. The summed E-state index contributed by atoms with van der Waals surface area (Å²) in [6.45, 7) is 9.29. The zero-order valence-corrected chi connectivity index (χ0v) is 33.3. The molecule has 2 heteroatoms. The van der Waals surface area contributed by atoms with Crippen molar-refractivity contribution in [2.24, 2.45) is 0 Å². The number of nitrogens with zero attached hydrogens (tertiary/aromatic N) is 2. The van der Waals surface area contributed by atoms with Crippen LogP contribution >= 0.6 is 0 Å². The minimum absolute atomic E-state index is 0.0287. The monoisotopic (exact) mass is 684 g/mol. The van der Waals surface area contributed by atoms with Crippen molar-refractivity contribution in [1.29, 1.82) is 0 Å². The average Bonchev–Trinajstić information content (AvgIpc) is 3.51. The van der Waals surface area contributed by atoms with Gasteiger partial charge in [0.05, 0.1) is 13.1 Å². The van der Waals surface area contributed by atoms with E-state index in [9.17, 15) is 0 Å². The highest BCUT2D eigenvalue weighted by Gasteiger charge is 2.32. The van der Waals surface area contributed by atoms with Gasteiger partial charge in [0.1, 0.15) is 12.4 Å². The van der Waals surface area contributed by atoms with Gasteiger partial charge in [0, 0.05) is 11.8 Å². The van der Waals surface area contributed by atoms with Crippen LogP contribution in [0.1, 0.15) is 198 Å². The van der Waals surface area contributed by atoms with Crippen LogP contribution in [0.5, 0.6) is 0 Å². The van der Waals surface area contributed by atoms with Crippen molar-refractivity contribution in [1.82, 2.24) is 4.57 Å². The molecule has 0 aliphatic carbocycles. The first-order chi connectivity index (χ1) is 24.7. The number of hydrogen-bond donors (Lipinski definition) is 0. The summed E-state index contributed by atoms with van der Waals surface area (Å²) >= 11 is 0. The van der Waals surface area contributed by atoms with E-state index in [2.05, 4.69) is 103 Å². The summed E-state index contributed by atoms with van der Waals surface area (Å²) in [5, 5.41) is 0. The van der Waals surface area contributed by atoms with Crippen LogP contribution in [0.3, 0.4) is 0 Å². The number of unbranched alkanes of at least 4 members (excludes halogenated alkanes) is 23. The molecule has 1 heterocycles. The molecule has 0 fully saturated rings. The van der Waals surface area contributed by atoms with Crippen LogP contribution in [0.4, 0.5) is 0 Å². The molecule has 0 aliphatic rings. The largest absolute Gasteiger partial charge is 0.256 e. The Morgan fingerprint density at radius 2 is 0.920 bits per heavy atom. The molecule has 2 aromatic carbocycles. The number of rotatable bonds is 32. The van der Waals surface area contributed by atoms with E-state index < -0.39 is 0 Å². The molecule has 1 aromatic heterocycles. The van der Waals surface area contributed by atoms with Crippen LogP contribution in [0.15, 0.2) is 73.1 Å². The van der Waals surface area contributed by atoms with Crippen LogP contribution in [-0.2, 0) is 31.3 Å². The lowest BCUT2D eigenvalue weighted by Gasteiger charge is -2.29. The van der Waals surface area contributed by atoms with Crippen LogP contribution < -0.4 is 4.57 Å². The number of aromatic nitrogens is 2. The second kappa shape index (κ2) is 27.3. The third kappa shape index (κ3) is 17.7. The average molecular weight is 684 g/mol. The molecule has 50 heavy (non-hydrogen) atoms. The number of aryl methyl sites for hydroxylation is 1. The first-order valence-corrected chi connectivity index (χ1v) is 21.8. The van der Waals surface area contributed by atoms with E-state index >= 15 is 0 Å². The summed E-state index contributed by atoms with van der Waals surface area (Å²) in [5.41, 5.74) is 2.89. The van der Waals surface area contributed by atoms with Crippen molar-refractivity contribution in [2.75, 3.05) is 0 Å². The minimum atomic E-state index is 0.0287. The lowest BCUT2D eigenvalue weighted by Crippen LogP contribution is -2.47. The van der Waals surface area contributed by atoms with Gasteiger partial charge >= 0.3 is 0 Å². The van der Waals surface area contributed by atoms with Gasteiger partial charge in [0.2, 0.25) is 0 Å². The first kappa shape index (κ1) is 42.1. The molecule has 0 saturated heterocycles. The lowest BCUT2D eigenvalue weighted by atomic mass is 9.77. The van der Waals surface area contributed by atoms with E-state index in [4.69, 9.17) is 0 Å². The van der Waals surface area contributed by atoms with Crippen molar-refractivity contribution >= 4 is 0 Å². The molecule has 280 valence electrons. The zero-order valence-electron chi connectivity index (χ0n) is 33.3. The van der Waals surface area contributed by atoms with E-state index in [0.29, 0.717) is 0 Å². The Balaban J connectivity index is 1.48.